The van der Waals surface area contributed by atoms with E-state index in [0.717, 1.165) is 30.9 Å². The minimum Gasteiger partial charge on any atom is -0.493 e. The quantitative estimate of drug-likeness (QED) is 0.785. The summed E-state index contributed by atoms with van der Waals surface area (Å²) in [6, 6.07) is 3.69. The molecule has 6 heteroatoms. The maximum absolute atomic E-state index is 6.18. The Kier molecular flexibility index (Phi) is 5.69. The van der Waals surface area contributed by atoms with Crippen molar-refractivity contribution in [1.29, 1.82) is 0 Å². The van der Waals surface area contributed by atoms with E-state index in [4.69, 9.17) is 21.1 Å². The number of halogens is 1. The Hall–Kier alpha value is -1.72. The van der Waals surface area contributed by atoms with E-state index in [1.807, 2.05) is 30.2 Å². The summed E-state index contributed by atoms with van der Waals surface area (Å²) in [4.78, 5) is 2.30. The molecule has 0 saturated heterocycles. The second-order valence-electron chi connectivity index (χ2n) is 5.13. The van der Waals surface area contributed by atoms with Gasteiger partial charge in [0.15, 0.2) is 11.5 Å². The SMILES string of the molecule is CCN(Cc1cnn(C)c1)Cc1cc(Cl)cc(OC)c1OC. The van der Waals surface area contributed by atoms with Gasteiger partial charge in [0, 0.05) is 48.5 Å². The molecule has 0 radical (unpaired) electrons. The van der Waals surface area contributed by atoms with Gasteiger partial charge in [0.05, 0.1) is 20.4 Å². The molecule has 5 nitrogen and oxygen atoms in total. The predicted molar refractivity (Wildman–Crippen MR) is 87.6 cm³/mol. The number of nitrogens with zero attached hydrogens (tertiary/aromatic N) is 3. The molecular formula is C16H22ClN3O2. The zero-order valence-corrected chi connectivity index (χ0v) is 14.2. The lowest BCUT2D eigenvalue weighted by Crippen LogP contribution is -2.22. The highest BCUT2D eigenvalue weighted by Gasteiger charge is 2.15. The average Bonchev–Trinajstić information content (AvgIpc) is 2.91. The summed E-state index contributed by atoms with van der Waals surface area (Å²) >= 11 is 6.18. The highest BCUT2D eigenvalue weighted by Crippen LogP contribution is 2.35. The number of benzene rings is 1. The molecule has 0 atom stereocenters. The van der Waals surface area contributed by atoms with E-state index >= 15 is 0 Å². The van der Waals surface area contributed by atoms with E-state index in [9.17, 15) is 0 Å². The van der Waals surface area contributed by atoms with E-state index in [2.05, 4.69) is 16.9 Å². The number of hydrogen-bond donors (Lipinski definition) is 0. The molecular weight excluding hydrogens is 302 g/mol. The molecule has 0 aliphatic rings. The first-order valence-corrected chi connectivity index (χ1v) is 7.55. The molecule has 0 aliphatic heterocycles. The van der Waals surface area contributed by atoms with E-state index in [-0.39, 0.29) is 0 Å². The second kappa shape index (κ2) is 7.51. The van der Waals surface area contributed by atoms with Gasteiger partial charge in [-0.05, 0) is 12.6 Å². The van der Waals surface area contributed by atoms with Crippen LogP contribution in [-0.2, 0) is 20.1 Å². The second-order valence-corrected chi connectivity index (χ2v) is 5.56. The van der Waals surface area contributed by atoms with Gasteiger partial charge in [-0.1, -0.05) is 18.5 Å². The number of ether oxygens (including phenoxy) is 2. The molecule has 0 spiro atoms. The van der Waals surface area contributed by atoms with Crippen LogP contribution in [-0.4, -0.2) is 35.4 Å². The van der Waals surface area contributed by atoms with Crippen molar-refractivity contribution in [2.75, 3.05) is 20.8 Å². The lowest BCUT2D eigenvalue weighted by atomic mass is 10.1. The Labute approximate surface area is 136 Å². The van der Waals surface area contributed by atoms with Crippen molar-refractivity contribution in [2.24, 2.45) is 7.05 Å². The van der Waals surface area contributed by atoms with Crippen LogP contribution in [0.4, 0.5) is 0 Å². The molecule has 0 fully saturated rings. The van der Waals surface area contributed by atoms with Crippen molar-refractivity contribution in [2.45, 2.75) is 20.0 Å². The topological polar surface area (TPSA) is 39.5 Å². The summed E-state index contributed by atoms with van der Waals surface area (Å²) in [6.45, 7) is 4.59. The number of hydrogen-bond acceptors (Lipinski definition) is 4. The van der Waals surface area contributed by atoms with Crippen LogP contribution in [0, 0.1) is 0 Å². The molecule has 2 rings (SSSR count). The van der Waals surface area contributed by atoms with Crippen molar-refractivity contribution in [3.8, 4) is 11.5 Å². The third-order valence-electron chi connectivity index (χ3n) is 3.53. The molecule has 2 aromatic rings. The van der Waals surface area contributed by atoms with E-state index in [1.54, 1.807) is 20.3 Å². The van der Waals surface area contributed by atoms with Crippen molar-refractivity contribution >= 4 is 11.6 Å². The molecule has 0 saturated carbocycles. The molecule has 1 aromatic heterocycles. The molecule has 0 aliphatic carbocycles. The summed E-state index contributed by atoms with van der Waals surface area (Å²) in [5.41, 5.74) is 2.19. The van der Waals surface area contributed by atoms with Crippen molar-refractivity contribution in [1.82, 2.24) is 14.7 Å². The molecule has 0 N–H and O–H groups in total. The number of methoxy groups -OCH3 is 2. The van der Waals surface area contributed by atoms with Crippen LogP contribution in [0.5, 0.6) is 11.5 Å². The standard InChI is InChI=1S/C16H22ClN3O2/c1-5-20(10-12-8-18-19(2)9-12)11-13-6-14(17)7-15(21-3)16(13)22-4/h6-9H,5,10-11H2,1-4H3. The zero-order valence-electron chi connectivity index (χ0n) is 13.5. The highest BCUT2D eigenvalue weighted by molar-refractivity contribution is 6.30. The molecule has 22 heavy (non-hydrogen) atoms. The summed E-state index contributed by atoms with van der Waals surface area (Å²) < 4.78 is 12.7. The van der Waals surface area contributed by atoms with Gasteiger partial charge in [-0.15, -0.1) is 0 Å². The van der Waals surface area contributed by atoms with Crippen LogP contribution in [0.15, 0.2) is 24.5 Å². The fourth-order valence-electron chi connectivity index (χ4n) is 2.46. The van der Waals surface area contributed by atoms with Gasteiger partial charge < -0.3 is 9.47 Å². The van der Waals surface area contributed by atoms with Crippen molar-refractivity contribution < 1.29 is 9.47 Å². The van der Waals surface area contributed by atoms with E-state index in [1.165, 1.54) is 5.56 Å². The van der Waals surface area contributed by atoms with Crippen LogP contribution < -0.4 is 9.47 Å². The van der Waals surface area contributed by atoms with E-state index in [0.29, 0.717) is 10.8 Å². The predicted octanol–water partition coefficient (Wildman–Crippen LogP) is 3.11. The third-order valence-corrected chi connectivity index (χ3v) is 3.74. The van der Waals surface area contributed by atoms with Crippen LogP contribution in [0.2, 0.25) is 5.02 Å². The molecule has 0 bridgehead atoms. The number of rotatable bonds is 7. The average molecular weight is 324 g/mol. The minimum absolute atomic E-state index is 0.644. The van der Waals surface area contributed by atoms with Gasteiger partial charge in [0.1, 0.15) is 0 Å². The first-order valence-electron chi connectivity index (χ1n) is 7.17. The Morgan fingerprint density at radius 3 is 2.55 bits per heavy atom. The smallest absolute Gasteiger partial charge is 0.165 e. The Bertz CT molecular complexity index is 628. The molecule has 120 valence electrons. The molecule has 1 aromatic carbocycles. The fourth-order valence-corrected chi connectivity index (χ4v) is 2.69. The Morgan fingerprint density at radius 1 is 1.23 bits per heavy atom. The van der Waals surface area contributed by atoms with Gasteiger partial charge in [-0.2, -0.15) is 5.10 Å². The molecule has 1 heterocycles. The van der Waals surface area contributed by atoms with Gasteiger partial charge in [-0.3, -0.25) is 9.58 Å². The van der Waals surface area contributed by atoms with E-state index < -0.39 is 0 Å². The Balaban J connectivity index is 2.21. The van der Waals surface area contributed by atoms with Crippen LogP contribution in [0.1, 0.15) is 18.1 Å². The van der Waals surface area contributed by atoms with Gasteiger partial charge in [-0.25, -0.2) is 0 Å². The fraction of sp³-hybridized carbons (Fsp3) is 0.438. The third kappa shape index (κ3) is 3.93. The maximum atomic E-state index is 6.18. The molecule has 0 amide bonds. The van der Waals surface area contributed by atoms with Crippen LogP contribution >= 0.6 is 11.6 Å². The summed E-state index contributed by atoms with van der Waals surface area (Å²) in [6.07, 6.45) is 3.91. The maximum Gasteiger partial charge on any atom is 0.165 e. The normalized spacial score (nSPS) is 11.0. The first kappa shape index (κ1) is 16.6. The highest BCUT2D eigenvalue weighted by atomic mass is 35.5. The van der Waals surface area contributed by atoms with Crippen LogP contribution in [0.25, 0.3) is 0 Å². The van der Waals surface area contributed by atoms with Gasteiger partial charge >= 0.3 is 0 Å². The van der Waals surface area contributed by atoms with Crippen LogP contribution in [0.3, 0.4) is 0 Å². The monoisotopic (exact) mass is 323 g/mol. The van der Waals surface area contributed by atoms with Crippen molar-refractivity contribution in [3.05, 3.63) is 40.7 Å². The zero-order chi connectivity index (χ0) is 16.1. The molecule has 0 unspecified atom stereocenters. The number of aromatic nitrogens is 2. The Morgan fingerprint density at radius 2 is 2.00 bits per heavy atom. The van der Waals surface area contributed by atoms with Crippen molar-refractivity contribution in [3.63, 3.8) is 0 Å². The largest absolute Gasteiger partial charge is 0.493 e. The lowest BCUT2D eigenvalue weighted by molar-refractivity contribution is 0.264. The van der Waals surface area contributed by atoms with Gasteiger partial charge in [0.25, 0.3) is 0 Å². The van der Waals surface area contributed by atoms with Gasteiger partial charge in [0.2, 0.25) is 0 Å². The minimum atomic E-state index is 0.644. The summed E-state index contributed by atoms with van der Waals surface area (Å²) in [7, 11) is 5.18. The summed E-state index contributed by atoms with van der Waals surface area (Å²) in [5.74, 6) is 1.39. The lowest BCUT2D eigenvalue weighted by Gasteiger charge is -2.22. The summed E-state index contributed by atoms with van der Waals surface area (Å²) in [5, 5.41) is 4.85. The first-order chi connectivity index (χ1) is 10.6. The number of aryl methyl sites for hydroxylation is 1.